The predicted octanol–water partition coefficient (Wildman–Crippen LogP) is 7.45. The third-order valence-electron chi connectivity index (χ3n) is 4.36. The second-order valence-electron chi connectivity index (χ2n) is 6.72. The van der Waals surface area contributed by atoms with E-state index in [1.807, 2.05) is 31.2 Å². The molecule has 1 saturated heterocycles. The number of nitrogens with one attached hydrogen (secondary N) is 1. The van der Waals surface area contributed by atoms with Gasteiger partial charge in [-0.1, -0.05) is 23.7 Å². The molecule has 1 N–H and O–H groups in total. The van der Waals surface area contributed by atoms with Gasteiger partial charge in [-0.05, 0) is 72.8 Å². The molecule has 1 fully saturated rings. The van der Waals surface area contributed by atoms with E-state index in [4.69, 9.17) is 16.0 Å². The maximum absolute atomic E-state index is 13.0. The fourth-order valence-electron chi connectivity index (χ4n) is 2.93. The number of rotatable bonds is 3. The highest BCUT2D eigenvalue weighted by atomic mass is 35.5. The van der Waals surface area contributed by atoms with E-state index in [9.17, 15) is 18.0 Å². The summed E-state index contributed by atoms with van der Waals surface area (Å²) in [7, 11) is 0. The molecular formula is C22H14ClF3N2O2S. The molecule has 3 aromatic rings. The summed E-state index contributed by atoms with van der Waals surface area (Å²) >= 11 is 7.04. The van der Waals surface area contributed by atoms with Gasteiger partial charge in [0.1, 0.15) is 17.4 Å². The van der Waals surface area contributed by atoms with Crippen LogP contribution in [0.5, 0.6) is 0 Å². The number of furan rings is 1. The van der Waals surface area contributed by atoms with E-state index < -0.39 is 11.7 Å². The Balaban J connectivity index is 1.67. The summed E-state index contributed by atoms with van der Waals surface area (Å²) in [5.41, 5.74) is 1.01. The minimum atomic E-state index is -4.50. The molecule has 4 rings (SSSR count). The number of thioether (sulfide) groups is 1. The number of benzene rings is 2. The van der Waals surface area contributed by atoms with Crippen molar-refractivity contribution in [1.29, 1.82) is 0 Å². The molecule has 0 saturated carbocycles. The number of halogens is 4. The van der Waals surface area contributed by atoms with Gasteiger partial charge >= 0.3 is 6.18 Å². The SMILES string of the molecule is Cc1cccc(N=C2NC(=O)SC2=Cc2ccc(-c3cc(C(F)(F)F)ccc3Cl)o2)c1. The molecule has 4 nitrogen and oxygen atoms in total. The van der Waals surface area contributed by atoms with Gasteiger partial charge in [-0.15, -0.1) is 0 Å². The average Bonchev–Trinajstić information content (AvgIpc) is 3.28. The number of carbonyl (C=O) groups excluding carboxylic acids is 1. The van der Waals surface area contributed by atoms with E-state index in [1.54, 1.807) is 12.1 Å². The van der Waals surface area contributed by atoms with Crippen LogP contribution in [0.2, 0.25) is 5.02 Å². The smallest absolute Gasteiger partial charge is 0.416 e. The highest BCUT2D eigenvalue weighted by Gasteiger charge is 2.31. The van der Waals surface area contributed by atoms with Crippen LogP contribution >= 0.6 is 23.4 Å². The van der Waals surface area contributed by atoms with Crippen molar-refractivity contribution in [3.05, 3.63) is 81.4 Å². The van der Waals surface area contributed by atoms with Crippen LogP contribution in [0, 0.1) is 6.92 Å². The van der Waals surface area contributed by atoms with Crippen LogP contribution in [0.15, 0.2) is 68.9 Å². The fraction of sp³-hybridized carbons (Fsp3) is 0.0909. The zero-order valence-corrected chi connectivity index (χ0v) is 17.5. The minimum absolute atomic E-state index is 0.128. The number of hydrogen-bond acceptors (Lipinski definition) is 4. The normalized spacial score (nSPS) is 16.9. The molecule has 0 bridgehead atoms. The Kier molecular flexibility index (Phi) is 5.68. The van der Waals surface area contributed by atoms with Crippen LogP contribution in [-0.2, 0) is 6.18 Å². The number of nitrogens with zero attached hydrogens (tertiary/aromatic N) is 1. The van der Waals surface area contributed by atoms with Gasteiger partial charge in [0.25, 0.3) is 5.24 Å². The molecule has 2 aromatic carbocycles. The fourth-order valence-corrected chi connectivity index (χ4v) is 3.86. The molecule has 31 heavy (non-hydrogen) atoms. The first-order valence-electron chi connectivity index (χ1n) is 9.02. The molecule has 1 aliphatic heterocycles. The lowest BCUT2D eigenvalue weighted by molar-refractivity contribution is -0.137. The number of hydrogen-bond donors (Lipinski definition) is 1. The maximum atomic E-state index is 13.0. The second-order valence-corrected chi connectivity index (χ2v) is 8.14. The quantitative estimate of drug-likeness (QED) is 0.439. The first-order chi connectivity index (χ1) is 14.7. The van der Waals surface area contributed by atoms with Crippen LogP contribution < -0.4 is 5.32 Å². The molecule has 0 unspecified atom stereocenters. The largest absolute Gasteiger partial charge is 0.457 e. The summed E-state index contributed by atoms with van der Waals surface area (Å²) < 4.78 is 44.8. The Hall–Kier alpha value is -2.97. The van der Waals surface area contributed by atoms with Gasteiger partial charge in [-0.2, -0.15) is 13.2 Å². The number of alkyl halides is 3. The summed E-state index contributed by atoms with van der Waals surface area (Å²) in [5, 5.41) is 2.53. The van der Waals surface area contributed by atoms with Crippen molar-refractivity contribution in [2.45, 2.75) is 13.1 Å². The molecule has 0 spiro atoms. The van der Waals surface area contributed by atoms with Gasteiger partial charge in [0.2, 0.25) is 0 Å². The summed E-state index contributed by atoms with van der Waals surface area (Å²) in [4.78, 5) is 16.9. The van der Waals surface area contributed by atoms with Crippen LogP contribution in [0.25, 0.3) is 17.4 Å². The first-order valence-corrected chi connectivity index (χ1v) is 10.2. The third kappa shape index (κ3) is 4.86. The molecule has 158 valence electrons. The van der Waals surface area contributed by atoms with Crippen molar-refractivity contribution in [2.24, 2.45) is 4.99 Å². The van der Waals surface area contributed by atoms with Gasteiger partial charge in [0.05, 0.1) is 21.2 Å². The van der Waals surface area contributed by atoms with Crippen molar-refractivity contribution >= 4 is 46.2 Å². The minimum Gasteiger partial charge on any atom is -0.457 e. The van der Waals surface area contributed by atoms with Crippen LogP contribution in [-0.4, -0.2) is 11.1 Å². The number of carbonyl (C=O) groups is 1. The maximum Gasteiger partial charge on any atom is 0.416 e. The summed E-state index contributed by atoms with van der Waals surface area (Å²) in [5.74, 6) is 0.900. The van der Waals surface area contributed by atoms with Gasteiger partial charge < -0.3 is 9.73 Å². The van der Waals surface area contributed by atoms with Gasteiger partial charge in [-0.3, -0.25) is 4.79 Å². The van der Waals surface area contributed by atoms with Crippen molar-refractivity contribution in [1.82, 2.24) is 5.32 Å². The molecule has 0 atom stereocenters. The topological polar surface area (TPSA) is 54.6 Å². The molecular weight excluding hydrogens is 449 g/mol. The van der Waals surface area contributed by atoms with E-state index in [2.05, 4.69) is 10.3 Å². The van der Waals surface area contributed by atoms with Crippen molar-refractivity contribution in [3.63, 3.8) is 0 Å². The van der Waals surface area contributed by atoms with E-state index in [0.29, 0.717) is 22.2 Å². The molecule has 1 aliphatic rings. The monoisotopic (exact) mass is 462 g/mol. The molecule has 0 radical (unpaired) electrons. The van der Waals surface area contributed by atoms with Crippen molar-refractivity contribution in [3.8, 4) is 11.3 Å². The van der Waals surface area contributed by atoms with E-state index in [1.165, 1.54) is 12.1 Å². The van der Waals surface area contributed by atoms with E-state index in [0.717, 1.165) is 29.5 Å². The van der Waals surface area contributed by atoms with Crippen LogP contribution in [0.4, 0.5) is 23.7 Å². The number of amidine groups is 1. The Labute approximate surface area is 184 Å². The highest BCUT2D eigenvalue weighted by molar-refractivity contribution is 8.18. The summed E-state index contributed by atoms with van der Waals surface area (Å²) in [6.07, 6.45) is -2.90. The summed E-state index contributed by atoms with van der Waals surface area (Å²) in [6.45, 7) is 1.94. The number of amides is 1. The lowest BCUT2D eigenvalue weighted by Crippen LogP contribution is -2.18. The Morgan fingerprint density at radius 2 is 1.94 bits per heavy atom. The average molecular weight is 463 g/mol. The Morgan fingerprint density at radius 1 is 1.13 bits per heavy atom. The number of aliphatic imine (C=N–C) groups is 1. The van der Waals surface area contributed by atoms with Gasteiger partial charge in [0.15, 0.2) is 0 Å². The summed E-state index contributed by atoms with van der Waals surface area (Å²) in [6, 6.07) is 13.6. The van der Waals surface area contributed by atoms with Crippen molar-refractivity contribution < 1.29 is 22.4 Å². The molecule has 9 heteroatoms. The third-order valence-corrected chi connectivity index (χ3v) is 5.51. The van der Waals surface area contributed by atoms with Crippen LogP contribution in [0.1, 0.15) is 16.9 Å². The zero-order chi connectivity index (χ0) is 22.2. The zero-order valence-electron chi connectivity index (χ0n) is 16.0. The lowest BCUT2D eigenvalue weighted by atomic mass is 10.1. The number of aryl methyl sites for hydroxylation is 1. The van der Waals surface area contributed by atoms with E-state index in [-0.39, 0.29) is 21.6 Å². The molecule has 1 aromatic heterocycles. The Morgan fingerprint density at radius 3 is 2.68 bits per heavy atom. The second kappa shape index (κ2) is 8.28. The molecule has 0 aliphatic carbocycles. The predicted molar refractivity (Wildman–Crippen MR) is 117 cm³/mol. The lowest BCUT2D eigenvalue weighted by Gasteiger charge is -2.09. The van der Waals surface area contributed by atoms with Gasteiger partial charge in [0, 0.05) is 5.56 Å². The Bertz CT molecular complexity index is 1230. The van der Waals surface area contributed by atoms with Gasteiger partial charge in [-0.25, -0.2) is 4.99 Å². The molecule has 1 amide bonds. The molecule has 2 heterocycles. The highest BCUT2D eigenvalue weighted by Crippen LogP contribution is 2.37. The van der Waals surface area contributed by atoms with E-state index >= 15 is 0 Å². The van der Waals surface area contributed by atoms with Crippen LogP contribution in [0.3, 0.4) is 0 Å². The van der Waals surface area contributed by atoms with Crippen molar-refractivity contribution in [2.75, 3.05) is 0 Å². The standard InChI is InChI=1S/C22H14ClF3N2O2S/c1-12-3-2-4-14(9-12)27-20-19(31-21(29)28-20)11-15-6-8-18(30-15)16-10-13(22(24,25)26)5-7-17(16)23/h2-11H,1H3,(H,27,28,29). The first kappa shape index (κ1) is 21.3.